The number of aromatic nitrogens is 1. The molecular weight excluding hydrogens is 290 g/mol. The molecule has 0 aliphatic carbocycles. The second kappa shape index (κ2) is 8.65. The summed E-state index contributed by atoms with van der Waals surface area (Å²) < 4.78 is 0. The van der Waals surface area contributed by atoms with Crippen molar-refractivity contribution in [1.29, 1.82) is 0 Å². The number of likely N-dealkylation sites (tertiary alicyclic amines) is 1. The third kappa shape index (κ3) is 5.05. The first kappa shape index (κ1) is 17.4. The highest BCUT2D eigenvalue weighted by atomic mass is 16.2. The molecule has 5 nitrogen and oxygen atoms in total. The third-order valence-corrected chi connectivity index (χ3v) is 4.56. The quantitative estimate of drug-likeness (QED) is 0.810. The predicted molar refractivity (Wildman–Crippen MR) is 89.6 cm³/mol. The van der Waals surface area contributed by atoms with E-state index >= 15 is 0 Å². The average Bonchev–Trinajstić information content (AvgIpc) is 2.58. The molecule has 0 N–H and O–H groups in total. The topological polar surface area (TPSA) is 53.5 Å². The van der Waals surface area contributed by atoms with Crippen molar-refractivity contribution in [2.24, 2.45) is 0 Å². The first-order chi connectivity index (χ1) is 11.1. The Morgan fingerprint density at radius 1 is 1.39 bits per heavy atom. The Morgan fingerprint density at radius 3 is 2.87 bits per heavy atom. The minimum Gasteiger partial charge on any atom is -0.340 e. The highest BCUT2D eigenvalue weighted by Gasteiger charge is 2.25. The second-order valence-corrected chi connectivity index (χ2v) is 6.20. The number of carbonyl (C=O) groups is 2. The maximum atomic E-state index is 12.5. The smallest absolute Gasteiger partial charge is 0.224 e. The lowest BCUT2D eigenvalue weighted by Gasteiger charge is -2.35. The molecule has 1 aromatic rings. The number of nitrogens with zero attached hydrogens (tertiary/aromatic N) is 3. The van der Waals surface area contributed by atoms with E-state index in [0.29, 0.717) is 25.6 Å². The summed E-state index contributed by atoms with van der Waals surface area (Å²) in [5, 5.41) is 0. The Morgan fingerprint density at radius 2 is 2.22 bits per heavy atom. The van der Waals surface area contributed by atoms with Gasteiger partial charge >= 0.3 is 0 Å². The summed E-state index contributed by atoms with van der Waals surface area (Å²) in [5.74, 6) is 0.168. The number of pyridine rings is 1. The van der Waals surface area contributed by atoms with E-state index < -0.39 is 0 Å². The average molecular weight is 317 g/mol. The van der Waals surface area contributed by atoms with Crippen molar-refractivity contribution in [2.45, 2.75) is 58.5 Å². The lowest BCUT2D eigenvalue weighted by Crippen LogP contribution is -2.44. The summed E-state index contributed by atoms with van der Waals surface area (Å²) in [4.78, 5) is 32.2. The lowest BCUT2D eigenvalue weighted by atomic mass is 9.99. The van der Waals surface area contributed by atoms with Crippen LogP contribution in [0.3, 0.4) is 0 Å². The zero-order chi connectivity index (χ0) is 16.7. The van der Waals surface area contributed by atoms with Gasteiger partial charge in [0.15, 0.2) is 0 Å². The van der Waals surface area contributed by atoms with Crippen LogP contribution >= 0.6 is 0 Å². The van der Waals surface area contributed by atoms with E-state index in [9.17, 15) is 9.59 Å². The van der Waals surface area contributed by atoms with E-state index in [1.54, 1.807) is 24.2 Å². The zero-order valence-electron chi connectivity index (χ0n) is 14.2. The molecule has 1 aliphatic rings. The van der Waals surface area contributed by atoms with Gasteiger partial charge in [0.1, 0.15) is 0 Å². The summed E-state index contributed by atoms with van der Waals surface area (Å²) in [6.07, 6.45) is 8.29. The van der Waals surface area contributed by atoms with E-state index in [4.69, 9.17) is 0 Å². The minimum absolute atomic E-state index is 0.00709. The lowest BCUT2D eigenvalue weighted by molar-refractivity contribution is -0.136. The molecule has 1 saturated heterocycles. The molecule has 1 atom stereocenters. The standard InChI is InChI=1S/C18H27N3O2/c1-3-17-8-4-5-11-21(17)18(23)9-12-20(15(2)22)14-16-7-6-10-19-13-16/h6-7,10,13,17H,3-5,8-9,11-12,14H2,1-2H3. The van der Waals surface area contributed by atoms with Gasteiger partial charge in [-0.15, -0.1) is 0 Å². The Bertz CT molecular complexity index is 518. The van der Waals surface area contributed by atoms with Gasteiger partial charge < -0.3 is 9.80 Å². The van der Waals surface area contributed by atoms with Gasteiger partial charge in [0.2, 0.25) is 11.8 Å². The van der Waals surface area contributed by atoms with Crippen molar-refractivity contribution in [2.75, 3.05) is 13.1 Å². The number of hydrogen-bond acceptors (Lipinski definition) is 3. The Labute approximate surface area is 138 Å². The Hall–Kier alpha value is -1.91. The third-order valence-electron chi connectivity index (χ3n) is 4.56. The molecule has 0 bridgehead atoms. The van der Waals surface area contributed by atoms with Gasteiger partial charge in [-0.25, -0.2) is 0 Å². The molecule has 0 aromatic carbocycles. The molecule has 0 radical (unpaired) electrons. The van der Waals surface area contributed by atoms with Crippen LogP contribution in [0, 0.1) is 0 Å². The molecule has 2 amide bonds. The summed E-state index contributed by atoms with van der Waals surface area (Å²) in [6.45, 7) is 5.53. The Balaban J connectivity index is 1.90. The second-order valence-electron chi connectivity index (χ2n) is 6.20. The number of carbonyl (C=O) groups excluding carboxylic acids is 2. The van der Waals surface area contributed by atoms with Crippen molar-refractivity contribution in [3.05, 3.63) is 30.1 Å². The fourth-order valence-electron chi connectivity index (χ4n) is 3.19. The molecule has 1 unspecified atom stereocenters. The molecule has 2 rings (SSSR count). The summed E-state index contributed by atoms with van der Waals surface area (Å²) in [7, 11) is 0. The first-order valence-electron chi connectivity index (χ1n) is 8.55. The molecule has 0 saturated carbocycles. The highest BCUT2D eigenvalue weighted by molar-refractivity contribution is 5.78. The van der Waals surface area contributed by atoms with Crippen molar-refractivity contribution < 1.29 is 9.59 Å². The highest BCUT2D eigenvalue weighted by Crippen LogP contribution is 2.20. The van der Waals surface area contributed by atoms with E-state index in [1.807, 2.05) is 17.0 Å². The maximum Gasteiger partial charge on any atom is 0.224 e. The van der Waals surface area contributed by atoms with Gasteiger partial charge in [-0.05, 0) is 37.3 Å². The number of rotatable bonds is 6. The molecule has 23 heavy (non-hydrogen) atoms. The van der Waals surface area contributed by atoms with Crippen LogP contribution in [0.1, 0.15) is 51.5 Å². The molecule has 1 fully saturated rings. The first-order valence-corrected chi connectivity index (χ1v) is 8.55. The monoisotopic (exact) mass is 317 g/mol. The molecule has 1 aromatic heterocycles. The predicted octanol–water partition coefficient (Wildman–Crippen LogP) is 2.61. The van der Waals surface area contributed by atoms with Gasteiger partial charge in [-0.3, -0.25) is 14.6 Å². The fraction of sp³-hybridized carbons (Fsp3) is 0.611. The minimum atomic E-state index is -0.00709. The number of hydrogen-bond donors (Lipinski definition) is 0. The fourth-order valence-corrected chi connectivity index (χ4v) is 3.19. The van der Waals surface area contributed by atoms with Crippen LogP contribution < -0.4 is 0 Å². The van der Waals surface area contributed by atoms with E-state index in [-0.39, 0.29) is 11.8 Å². The number of piperidine rings is 1. The van der Waals surface area contributed by atoms with Crippen molar-refractivity contribution in [3.8, 4) is 0 Å². The largest absolute Gasteiger partial charge is 0.340 e. The number of amides is 2. The van der Waals surface area contributed by atoms with E-state index in [2.05, 4.69) is 11.9 Å². The van der Waals surface area contributed by atoms with Crippen molar-refractivity contribution in [1.82, 2.24) is 14.8 Å². The molecule has 1 aliphatic heterocycles. The van der Waals surface area contributed by atoms with Crippen LogP contribution in [0.5, 0.6) is 0 Å². The SMILES string of the molecule is CCC1CCCCN1C(=O)CCN(Cc1cccnc1)C(C)=O. The Kier molecular flexibility index (Phi) is 6.56. The maximum absolute atomic E-state index is 12.5. The van der Waals surface area contributed by atoms with Gasteiger partial charge in [0.05, 0.1) is 0 Å². The summed E-state index contributed by atoms with van der Waals surface area (Å²) in [6, 6.07) is 4.18. The van der Waals surface area contributed by atoms with E-state index in [1.165, 1.54) is 6.42 Å². The van der Waals surface area contributed by atoms with Crippen LogP contribution in [-0.4, -0.2) is 45.7 Å². The van der Waals surface area contributed by atoms with Crippen LogP contribution in [0.2, 0.25) is 0 Å². The van der Waals surface area contributed by atoms with Gasteiger partial charge in [-0.1, -0.05) is 13.0 Å². The van der Waals surface area contributed by atoms with Crippen LogP contribution in [-0.2, 0) is 16.1 Å². The summed E-state index contributed by atoms with van der Waals surface area (Å²) in [5.41, 5.74) is 0.986. The molecular formula is C18H27N3O2. The molecule has 5 heteroatoms. The van der Waals surface area contributed by atoms with Crippen molar-refractivity contribution >= 4 is 11.8 Å². The van der Waals surface area contributed by atoms with Gasteiger partial charge in [0, 0.05) is 51.4 Å². The normalized spacial score (nSPS) is 17.8. The van der Waals surface area contributed by atoms with Gasteiger partial charge in [-0.2, -0.15) is 0 Å². The van der Waals surface area contributed by atoms with Gasteiger partial charge in [0.25, 0.3) is 0 Å². The molecule has 2 heterocycles. The van der Waals surface area contributed by atoms with Crippen molar-refractivity contribution in [3.63, 3.8) is 0 Å². The molecule has 126 valence electrons. The van der Waals surface area contributed by atoms with Crippen LogP contribution in [0.25, 0.3) is 0 Å². The summed E-state index contributed by atoms with van der Waals surface area (Å²) >= 11 is 0. The molecule has 0 spiro atoms. The van der Waals surface area contributed by atoms with Crippen LogP contribution in [0.4, 0.5) is 0 Å². The zero-order valence-corrected chi connectivity index (χ0v) is 14.2. The van der Waals surface area contributed by atoms with E-state index in [0.717, 1.165) is 31.4 Å². The van der Waals surface area contributed by atoms with Crippen LogP contribution in [0.15, 0.2) is 24.5 Å².